The zero-order valence-corrected chi connectivity index (χ0v) is 13.5. The molecule has 8 heteroatoms. The molecule has 1 atom stereocenters. The zero-order chi connectivity index (χ0) is 17.0. The van der Waals surface area contributed by atoms with E-state index in [4.69, 9.17) is 11.0 Å². The Balaban J connectivity index is 2.39. The molecule has 2 aromatic rings. The van der Waals surface area contributed by atoms with Gasteiger partial charge in [-0.25, -0.2) is 14.6 Å². The Morgan fingerprint density at radius 1 is 1.43 bits per heavy atom. The first kappa shape index (κ1) is 16.8. The maximum atomic E-state index is 14.8. The van der Waals surface area contributed by atoms with E-state index in [0.29, 0.717) is 0 Å². The van der Waals surface area contributed by atoms with Crippen LogP contribution in [-0.4, -0.2) is 45.3 Å². The smallest absolute Gasteiger partial charge is 0.221 e. The maximum absolute atomic E-state index is 14.8. The van der Waals surface area contributed by atoms with Crippen LogP contribution in [0.5, 0.6) is 0 Å². The summed E-state index contributed by atoms with van der Waals surface area (Å²) < 4.78 is 16.2. The number of anilines is 1. The van der Waals surface area contributed by atoms with Crippen LogP contribution in [0.1, 0.15) is 31.4 Å². The van der Waals surface area contributed by atoms with Gasteiger partial charge in [0.25, 0.3) is 0 Å². The fourth-order valence-electron chi connectivity index (χ4n) is 2.35. The van der Waals surface area contributed by atoms with Crippen LogP contribution in [0.25, 0.3) is 11.3 Å². The number of nitrogen functional groups attached to an aromatic ring is 1. The molecule has 0 saturated heterocycles. The van der Waals surface area contributed by atoms with E-state index >= 15 is 0 Å². The molecule has 122 valence electrons. The Morgan fingerprint density at radius 3 is 2.78 bits per heavy atom. The quantitative estimate of drug-likeness (QED) is 0.873. The lowest BCUT2D eigenvalue weighted by molar-refractivity contribution is 0.302. The fourth-order valence-corrected chi connectivity index (χ4v) is 2.35. The lowest BCUT2D eigenvalue weighted by Crippen LogP contribution is -2.20. The van der Waals surface area contributed by atoms with Gasteiger partial charge in [-0.3, -0.25) is 0 Å². The van der Waals surface area contributed by atoms with Crippen molar-refractivity contribution in [1.29, 1.82) is 5.26 Å². The van der Waals surface area contributed by atoms with Gasteiger partial charge in [0.05, 0.1) is 35.3 Å². The summed E-state index contributed by atoms with van der Waals surface area (Å²) in [6.45, 7) is 2.82. The number of hydrogen-bond acceptors (Lipinski definition) is 6. The summed E-state index contributed by atoms with van der Waals surface area (Å²) in [4.78, 5) is 9.80. The molecule has 0 aromatic carbocycles. The van der Waals surface area contributed by atoms with E-state index in [0.717, 1.165) is 19.4 Å². The Kier molecular flexibility index (Phi) is 5.24. The molecular weight excluding hydrogens is 297 g/mol. The van der Waals surface area contributed by atoms with Crippen LogP contribution in [0.15, 0.2) is 12.4 Å². The molecule has 0 fully saturated rings. The second kappa shape index (κ2) is 7.15. The van der Waals surface area contributed by atoms with Crippen molar-refractivity contribution in [3.8, 4) is 17.3 Å². The number of nitrogens with two attached hydrogens (primary N) is 1. The molecule has 2 rings (SSSR count). The van der Waals surface area contributed by atoms with Crippen LogP contribution >= 0.6 is 0 Å². The van der Waals surface area contributed by atoms with Crippen molar-refractivity contribution < 1.29 is 4.39 Å². The van der Waals surface area contributed by atoms with Crippen LogP contribution in [0.3, 0.4) is 0 Å². The first-order chi connectivity index (χ1) is 11.0. The lowest BCUT2D eigenvalue weighted by Gasteiger charge is -2.18. The van der Waals surface area contributed by atoms with Crippen molar-refractivity contribution in [3.05, 3.63) is 23.9 Å². The third kappa shape index (κ3) is 3.63. The summed E-state index contributed by atoms with van der Waals surface area (Å²) in [5.74, 6) is -0.518. The van der Waals surface area contributed by atoms with Gasteiger partial charge in [-0.1, -0.05) is 6.92 Å². The van der Waals surface area contributed by atoms with Crippen LogP contribution in [-0.2, 0) is 0 Å². The molecule has 7 nitrogen and oxygen atoms in total. The first-order valence-electron chi connectivity index (χ1n) is 7.38. The minimum absolute atomic E-state index is 0.00852. The van der Waals surface area contributed by atoms with E-state index in [1.807, 2.05) is 32.0 Å². The van der Waals surface area contributed by atoms with Crippen LogP contribution < -0.4 is 5.73 Å². The van der Waals surface area contributed by atoms with Crippen molar-refractivity contribution >= 4 is 5.95 Å². The van der Waals surface area contributed by atoms with Crippen molar-refractivity contribution in [3.63, 3.8) is 0 Å². The number of nitriles is 1. The van der Waals surface area contributed by atoms with Crippen LogP contribution in [0.2, 0.25) is 0 Å². The Hall–Kier alpha value is -2.53. The summed E-state index contributed by atoms with van der Waals surface area (Å²) in [6, 6.07) is 1.89. The van der Waals surface area contributed by atoms with Gasteiger partial charge in [0.1, 0.15) is 6.07 Å². The molecule has 0 aliphatic rings. The summed E-state index contributed by atoms with van der Waals surface area (Å²) >= 11 is 0. The molecular formula is C15H20FN7. The van der Waals surface area contributed by atoms with Gasteiger partial charge in [0, 0.05) is 0 Å². The van der Waals surface area contributed by atoms with Crippen molar-refractivity contribution in [2.75, 3.05) is 26.4 Å². The van der Waals surface area contributed by atoms with Gasteiger partial charge in [-0.2, -0.15) is 14.8 Å². The Morgan fingerprint density at radius 2 is 2.17 bits per heavy atom. The van der Waals surface area contributed by atoms with Crippen molar-refractivity contribution in [2.24, 2.45) is 0 Å². The van der Waals surface area contributed by atoms with Gasteiger partial charge < -0.3 is 10.6 Å². The summed E-state index contributed by atoms with van der Waals surface area (Å²) in [7, 11) is 3.95. The van der Waals surface area contributed by atoms with E-state index in [-0.39, 0.29) is 28.8 Å². The maximum Gasteiger partial charge on any atom is 0.221 e. The molecule has 0 bridgehead atoms. The predicted molar refractivity (Wildman–Crippen MR) is 84.8 cm³/mol. The Bertz CT molecular complexity index is 717. The molecule has 2 heterocycles. The monoisotopic (exact) mass is 317 g/mol. The summed E-state index contributed by atoms with van der Waals surface area (Å²) in [6.07, 6.45) is 4.20. The molecule has 0 radical (unpaired) electrons. The highest BCUT2D eigenvalue weighted by molar-refractivity contribution is 5.66. The second-order valence-electron chi connectivity index (χ2n) is 5.55. The summed E-state index contributed by atoms with van der Waals surface area (Å²) in [5, 5.41) is 13.3. The summed E-state index contributed by atoms with van der Waals surface area (Å²) in [5.41, 5.74) is 6.06. The number of nitrogens with zero attached hydrogens (tertiary/aromatic N) is 6. The SMILES string of the molecule is CCC(CCN(C)C)n1ncc(-c2nc(N)ncc2C#N)c1F. The standard InChI is InChI=1S/C15H20FN7/c1-4-11(5-6-22(2)3)23-14(16)12(9-20-23)13-10(7-17)8-19-15(18)21-13/h8-9,11H,4-6H2,1-3H3,(H2,18,19,21). The lowest BCUT2D eigenvalue weighted by atomic mass is 10.1. The van der Waals surface area contributed by atoms with Gasteiger partial charge in [0.15, 0.2) is 0 Å². The molecule has 0 amide bonds. The highest BCUT2D eigenvalue weighted by Crippen LogP contribution is 2.27. The van der Waals surface area contributed by atoms with Gasteiger partial charge in [-0.15, -0.1) is 0 Å². The van der Waals surface area contributed by atoms with Gasteiger partial charge in [0.2, 0.25) is 11.9 Å². The number of halogens is 1. The fraction of sp³-hybridized carbons (Fsp3) is 0.467. The normalized spacial score (nSPS) is 12.3. The molecule has 1 unspecified atom stereocenters. The van der Waals surface area contributed by atoms with Gasteiger partial charge in [-0.05, 0) is 33.5 Å². The van der Waals surface area contributed by atoms with Crippen LogP contribution in [0.4, 0.5) is 10.3 Å². The largest absolute Gasteiger partial charge is 0.368 e. The zero-order valence-electron chi connectivity index (χ0n) is 13.5. The van der Waals surface area contributed by atoms with E-state index in [2.05, 4.69) is 15.1 Å². The molecule has 0 aliphatic carbocycles. The van der Waals surface area contributed by atoms with Gasteiger partial charge >= 0.3 is 0 Å². The highest BCUT2D eigenvalue weighted by Gasteiger charge is 2.21. The van der Waals surface area contributed by atoms with Crippen molar-refractivity contribution in [2.45, 2.75) is 25.8 Å². The predicted octanol–water partition coefficient (Wildman–Crippen LogP) is 1.84. The average molecular weight is 317 g/mol. The third-order valence-electron chi connectivity index (χ3n) is 3.64. The van der Waals surface area contributed by atoms with Crippen LogP contribution in [0, 0.1) is 17.3 Å². The molecule has 2 aromatic heterocycles. The molecule has 2 N–H and O–H groups in total. The molecule has 23 heavy (non-hydrogen) atoms. The minimum Gasteiger partial charge on any atom is -0.368 e. The van der Waals surface area contributed by atoms with E-state index in [1.54, 1.807) is 0 Å². The molecule has 0 aliphatic heterocycles. The minimum atomic E-state index is -0.509. The first-order valence-corrected chi connectivity index (χ1v) is 7.38. The Labute approximate surface area is 134 Å². The molecule has 0 spiro atoms. The third-order valence-corrected chi connectivity index (χ3v) is 3.64. The highest BCUT2D eigenvalue weighted by atomic mass is 19.1. The second-order valence-corrected chi connectivity index (χ2v) is 5.55. The van der Waals surface area contributed by atoms with E-state index in [9.17, 15) is 4.39 Å². The van der Waals surface area contributed by atoms with Crippen molar-refractivity contribution in [1.82, 2.24) is 24.6 Å². The van der Waals surface area contributed by atoms with E-state index in [1.165, 1.54) is 17.1 Å². The average Bonchev–Trinajstić information content (AvgIpc) is 2.89. The number of aromatic nitrogens is 4. The number of rotatable bonds is 6. The topological polar surface area (TPSA) is 96.7 Å². The molecule has 0 saturated carbocycles. The number of hydrogen-bond donors (Lipinski definition) is 1. The van der Waals surface area contributed by atoms with E-state index < -0.39 is 5.95 Å².